The normalized spacial score (nSPS) is 13.6. The number of rotatable bonds is 8. The number of nitrogens with one attached hydrogen (secondary N) is 1. The third kappa shape index (κ3) is 4.36. The molecule has 1 aliphatic carbocycles. The van der Waals surface area contributed by atoms with Crippen molar-refractivity contribution < 1.29 is 9.72 Å². The maximum absolute atomic E-state index is 12.1. The molecule has 1 aliphatic rings. The summed E-state index contributed by atoms with van der Waals surface area (Å²) in [6, 6.07) is 5.89. The minimum atomic E-state index is -0.489. The fourth-order valence-corrected chi connectivity index (χ4v) is 3.28. The van der Waals surface area contributed by atoms with Crippen LogP contribution in [0.1, 0.15) is 37.9 Å². The van der Waals surface area contributed by atoms with Gasteiger partial charge in [0.05, 0.1) is 10.7 Å². The lowest BCUT2D eigenvalue weighted by Gasteiger charge is -2.08. The fraction of sp³-hybridized carbons (Fsp3) is 0.438. The first-order valence-electron chi connectivity index (χ1n) is 8.18. The summed E-state index contributed by atoms with van der Waals surface area (Å²) in [6.07, 6.45) is 3.28. The number of non-ortho nitro benzene ring substituents is 1. The van der Waals surface area contributed by atoms with Crippen molar-refractivity contribution in [3.05, 3.63) is 40.2 Å². The van der Waals surface area contributed by atoms with E-state index in [4.69, 9.17) is 0 Å². The molecule has 0 saturated heterocycles. The van der Waals surface area contributed by atoms with Gasteiger partial charge in [0.15, 0.2) is 5.16 Å². The summed E-state index contributed by atoms with van der Waals surface area (Å²) in [7, 11) is 0. The second-order valence-corrected chi connectivity index (χ2v) is 6.85. The van der Waals surface area contributed by atoms with Crippen molar-refractivity contribution in [2.45, 2.75) is 43.8 Å². The number of thioether (sulfide) groups is 1. The number of nitrogens with zero attached hydrogens (tertiary/aromatic N) is 4. The maximum Gasteiger partial charge on any atom is 0.271 e. The molecule has 1 saturated carbocycles. The van der Waals surface area contributed by atoms with E-state index >= 15 is 0 Å². The van der Waals surface area contributed by atoms with Crippen molar-refractivity contribution in [1.82, 2.24) is 14.8 Å². The zero-order valence-electron chi connectivity index (χ0n) is 13.8. The Bertz CT molecular complexity index is 788. The lowest BCUT2D eigenvalue weighted by Crippen LogP contribution is -2.15. The molecule has 1 aromatic heterocycles. The Labute approximate surface area is 149 Å². The van der Waals surface area contributed by atoms with Crippen LogP contribution in [0.15, 0.2) is 29.4 Å². The number of carbonyl (C=O) groups is 1. The van der Waals surface area contributed by atoms with Crippen LogP contribution in [0.2, 0.25) is 0 Å². The fourth-order valence-electron chi connectivity index (χ4n) is 2.51. The number of amides is 1. The highest BCUT2D eigenvalue weighted by Gasteiger charge is 2.30. The third-order valence-corrected chi connectivity index (χ3v) is 4.78. The smallest absolute Gasteiger partial charge is 0.271 e. The van der Waals surface area contributed by atoms with Gasteiger partial charge in [-0.1, -0.05) is 24.8 Å². The molecule has 25 heavy (non-hydrogen) atoms. The van der Waals surface area contributed by atoms with Gasteiger partial charge in [-0.05, 0) is 25.3 Å². The van der Waals surface area contributed by atoms with Crippen molar-refractivity contribution in [1.29, 1.82) is 0 Å². The predicted molar refractivity (Wildman–Crippen MR) is 94.7 cm³/mol. The van der Waals surface area contributed by atoms with Crippen molar-refractivity contribution in [3.8, 4) is 0 Å². The van der Waals surface area contributed by atoms with Gasteiger partial charge in [0.1, 0.15) is 5.82 Å². The van der Waals surface area contributed by atoms with Gasteiger partial charge in [0, 0.05) is 30.3 Å². The highest BCUT2D eigenvalue weighted by atomic mass is 32.2. The molecular formula is C16H19N5O3S. The predicted octanol–water partition coefficient (Wildman–Crippen LogP) is 3.20. The average molecular weight is 361 g/mol. The van der Waals surface area contributed by atoms with Crippen LogP contribution in [0.4, 0.5) is 11.4 Å². The van der Waals surface area contributed by atoms with Gasteiger partial charge in [0.25, 0.3) is 5.69 Å². The molecule has 2 aromatic rings. The first kappa shape index (κ1) is 17.4. The van der Waals surface area contributed by atoms with E-state index in [2.05, 4.69) is 27.0 Å². The van der Waals surface area contributed by atoms with Crippen LogP contribution in [0.5, 0.6) is 0 Å². The topological polar surface area (TPSA) is 103 Å². The molecule has 0 spiro atoms. The molecule has 1 amide bonds. The number of benzene rings is 1. The number of hydrogen-bond donors (Lipinski definition) is 1. The Balaban J connectivity index is 1.61. The number of anilines is 1. The molecule has 0 aliphatic heterocycles. The zero-order valence-corrected chi connectivity index (χ0v) is 14.7. The molecule has 0 unspecified atom stereocenters. The van der Waals surface area contributed by atoms with E-state index in [1.165, 1.54) is 23.9 Å². The second kappa shape index (κ2) is 7.64. The van der Waals surface area contributed by atoms with Crippen LogP contribution in [-0.2, 0) is 11.3 Å². The summed E-state index contributed by atoms with van der Waals surface area (Å²) in [5.41, 5.74) is 0.357. The van der Waals surface area contributed by atoms with Gasteiger partial charge >= 0.3 is 0 Å². The minimum absolute atomic E-state index is 0.0535. The Hall–Kier alpha value is -2.42. The van der Waals surface area contributed by atoms with Gasteiger partial charge in [-0.3, -0.25) is 14.9 Å². The Morgan fingerprint density at radius 3 is 2.92 bits per heavy atom. The molecular weight excluding hydrogens is 342 g/mol. The quantitative estimate of drug-likeness (QED) is 0.440. The van der Waals surface area contributed by atoms with Crippen molar-refractivity contribution in [3.63, 3.8) is 0 Å². The number of nitro groups is 1. The van der Waals surface area contributed by atoms with E-state index in [0.717, 1.165) is 36.8 Å². The minimum Gasteiger partial charge on any atom is -0.325 e. The summed E-state index contributed by atoms with van der Waals surface area (Å²) in [5.74, 6) is 1.47. The summed E-state index contributed by atoms with van der Waals surface area (Å²) in [5, 5.41) is 22.7. The summed E-state index contributed by atoms with van der Waals surface area (Å²) >= 11 is 1.33. The van der Waals surface area contributed by atoms with E-state index in [0.29, 0.717) is 11.6 Å². The molecule has 1 N–H and O–H groups in total. The molecule has 0 atom stereocenters. The number of hydrogen-bond acceptors (Lipinski definition) is 6. The van der Waals surface area contributed by atoms with Crippen LogP contribution in [0, 0.1) is 10.1 Å². The maximum atomic E-state index is 12.1. The highest BCUT2D eigenvalue weighted by Crippen LogP contribution is 2.40. The van der Waals surface area contributed by atoms with Crippen LogP contribution < -0.4 is 5.32 Å². The van der Waals surface area contributed by atoms with Crippen molar-refractivity contribution >= 4 is 29.0 Å². The van der Waals surface area contributed by atoms with Gasteiger partial charge in [0.2, 0.25) is 5.91 Å². The Morgan fingerprint density at radius 1 is 1.44 bits per heavy atom. The monoisotopic (exact) mass is 361 g/mol. The van der Waals surface area contributed by atoms with Crippen LogP contribution in [-0.4, -0.2) is 31.3 Å². The summed E-state index contributed by atoms with van der Waals surface area (Å²) in [6.45, 7) is 2.94. The zero-order chi connectivity index (χ0) is 17.8. The largest absolute Gasteiger partial charge is 0.325 e. The molecule has 8 nitrogen and oxygen atoms in total. The second-order valence-electron chi connectivity index (χ2n) is 5.91. The van der Waals surface area contributed by atoms with E-state index in [1.807, 2.05) is 0 Å². The van der Waals surface area contributed by atoms with Gasteiger partial charge in [-0.25, -0.2) is 0 Å². The standard InChI is InChI=1S/C16H19N5O3S/c1-2-8-20-15(11-6-7-11)18-19-16(20)25-10-14(22)17-12-4-3-5-13(9-12)21(23)24/h3-5,9,11H,2,6-8,10H2,1H3,(H,17,22). The summed E-state index contributed by atoms with van der Waals surface area (Å²) in [4.78, 5) is 22.4. The van der Waals surface area contributed by atoms with E-state index < -0.39 is 4.92 Å². The summed E-state index contributed by atoms with van der Waals surface area (Å²) < 4.78 is 2.10. The Morgan fingerprint density at radius 2 is 2.24 bits per heavy atom. The van der Waals surface area contributed by atoms with E-state index in [-0.39, 0.29) is 17.3 Å². The van der Waals surface area contributed by atoms with Crippen LogP contribution >= 0.6 is 11.8 Å². The third-order valence-electron chi connectivity index (χ3n) is 3.81. The number of carbonyl (C=O) groups excluding carboxylic acids is 1. The number of aromatic nitrogens is 3. The molecule has 1 aromatic carbocycles. The van der Waals surface area contributed by atoms with Crippen molar-refractivity contribution in [2.75, 3.05) is 11.1 Å². The highest BCUT2D eigenvalue weighted by molar-refractivity contribution is 7.99. The molecule has 9 heteroatoms. The molecule has 3 rings (SSSR count). The average Bonchev–Trinajstić information content (AvgIpc) is 3.36. The molecule has 0 bridgehead atoms. The molecule has 0 radical (unpaired) electrons. The number of nitro benzene ring substituents is 1. The lowest BCUT2D eigenvalue weighted by molar-refractivity contribution is -0.384. The van der Waals surface area contributed by atoms with E-state index in [9.17, 15) is 14.9 Å². The first-order valence-corrected chi connectivity index (χ1v) is 9.17. The van der Waals surface area contributed by atoms with Gasteiger partial charge < -0.3 is 9.88 Å². The van der Waals surface area contributed by atoms with Crippen LogP contribution in [0.3, 0.4) is 0 Å². The van der Waals surface area contributed by atoms with Crippen LogP contribution in [0.25, 0.3) is 0 Å². The van der Waals surface area contributed by atoms with Crippen molar-refractivity contribution in [2.24, 2.45) is 0 Å². The molecule has 1 heterocycles. The Kier molecular flexibility index (Phi) is 5.32. The van der Waals surface area contributed by atoms with E-state index in [1.54, 1.807) is 12.1 Å². The van der Waals surface area contributed by atoms with Gasteiger partial charge in [-0.15, -0.1) is 10.2 Å². The lowest BCUT2D eigenvalue weighted by atomic mass is 10.3. The van der Waals surface area contributed by atoms with Gasteiger partial charge in [-0.2, -0.15) is 0 Å². The molecule has 1 fully saturated rings. The SMILES string of the molecule is CCCn1c(SCC(=O)Nc2cccc([N+](=O)[O-])c2)nnc1C1CC1. The first-order chi connectivity index (χ1) is 12.1. The molecule has 132 valence electrons.